The lowest BCUT2D eigenvalue weighted by atomic mass is 10.1. The zero-order valence-electron chi connectivity index (χ0n) is 12.5. The monoisotopic (exact) mass is 255 g/mol. The van der Waals surface area contributed by atoms with E-state index in [1.165, 1.54) is 12.8 Å². The van der Waals surface area contributed by atoms with E-state index in [1.54, 1.807) is 0 Å². The Morgan fingerprint density at radius 3 is 2.28 bits per heavy atom. The standard InChI is InChI=1S/C15H29NO2/c1-5-9-10-12-16-14(7-3)13(11-6-2)15(17)18-8-4/h16H,5-12H2,1-4H3. The number of allylic oxidation sites excluding steroid dienone is 1. The Bertz CT molecular complexity index is 259. The molecule has 0 fully saturated rings. The van der Waals surface area contributed by atoms with Crippen LogP contribution in [0.4, 0.5) is 0 Å². The fraction of sp³-hybridized carbons (Fsp3) is 0.800. The first-order chi connectivity index (χ1) is 8.71. The van der Waals surface area contributed by atoms with Gasteiger partial charge in [-0.25, -0.2) is 4.79 Å². The Morgan fingerprint density at radius 1 is 1.06 bits per heavy atom. The third kappa shape index (κ3) is 6.67. The number of hydrogen-bond acceptors (Lipinski definition) is 3. The minimum atomic E-state index is -0.154. The fourth-order valence-corrected chi connectivity index (χ4v) is 1.90. The van der Waals surface area contributed by atoms with Crippen LogP contribution in [0.15, 0.2) is 11.3 Å². The molecule has 0 aromatic carbocycles. The van der Waals surface area contributed by atoms with Crippen LogP contribution in [0.25, 0.3) is 0 Å². The molecule has 0 amide bonds. The van der Waals surface area contributed by atoms with E-state index in [4.69, 9.17) is 4.74 Å². The molecular formula is C15H29NO2. The summed E-state index contributed by atoms with van der Waals surface area (Å²) in [4.78, 5) is 11.9. The lowest BCUT2D eigenvalue weighted by molar-refractivity contribution is -0.138. The van der Waals surface area contributed by atoms with Crippen LogP contribution in [0, 0.1) is 0 Å². The summed E-state index contributed by atoms with van der Waals surface area (Å²) in [6.07, 6.45) is 6.22. The first-order valence-corrected chi connectivity index (χ1v) is 7.34. The molecule has 0 saturated heterocycles. The maximum Gasteiger partial charge on any atom is 0.335 e. The number of carbonyl (C=O) groups is 1. The third-order valence-corrected chi connectivity index (χ3v) is 2.86. The molecular weight excluding hydrogens is 226 g/mol. The van der Waals surface area contributed by atoms with Gasteiger partial charge in [0.1, 0.15) is 0 Å². The molecule has 0 aromatic rings. The van der Waals surface area contributed by atoms with Crippen LogP contribution in [0.3, 0.4) is 0 Å². The van der Waals surface area contributed by atoms with Crippen molar-refractivity contribution >= 4 is 5.97 Å². The van der Waals surface area contributed by atoms with Gasteiger partial charge in [-0.1, -0.05) is 40.0 Å². The summed E-state index contributed by atoms with van der Waals surface area (Å²) in [5.74, 6) is -0.154. The predicted octanol–water partition coefficient (Wildman–Crippen LogP) is 3.79. The summed E-state index contributed by atoms with van der Waals surface area (Å²) in [5, 5.41) is 3.41. The van der Waals surface area contributed by atoms with E-state index in [0.29, 0.717) is 6.61 Å². The first kappa shape index (κ1) is 17.0. The molecule has 0 aliphatic rings. The van der Waals surface area contributed by atoms with Crippen LogP contribution in [0.1, 0.15) is 66.2 Å². The van der Waals surface area contributed by atoms with Gasteiger partial charge in [-0.05, 0) is 26.2 Å². The van der Waals surface area contributed by atoms with Gasteiger partial charge in [-0.15, -0.1) is 0 Å². The van der Waals surface area contributed by atoms with Gasteiger partial charge < -0.3 is 10.1 Å². The topological polar surface area (TPSA) is 38.3 Å². The molecule has 0 aliphatic carbocycles. The minimum absolute atomic E-state index is 0.154. The zero-order chi connectivity index (χ0) is 13.8. The van der Waals surface area contributed by atoms with Crippen LogP contribution in [0.2, 0.25) is 0 Å². The van der Waals surface area contributed by atoms with Crippen molar-refractivity contribution in [3.63, 3.8) is 0 Å². The van der Waals surface area contributed by atoms with Crippen molar-refractivity contribution in [1.29, 1.82) is 0 Å². The van der Waals surface area contributed by atoms with Crippen molar-refractivity contribution < 1.29 is 9.53 Å². The molecule has 0 unspecified atom stereocenters. The average molecular weight is 255 g/mol. The molecule has 18 heavy (non-hydrogen) atoms. The molecule has 0 rings (SSSR count). The normalized spacial score (nSPS) is 12.0. The number of esters is 1. The number of rotatable bonds is 10. The highest BCUT2D eigenvalue weighted by Crippen LogP contribution is 2.14. The molecule has 1 N–H and O–H groups in total. The van der Waals surface area contributed by atoms with Gasteiger partial charge in [-0.3, -0.25) is 0 Å². The van der Waals surface area contributed by atoms with Crippen LogP contribution < -0.4 is 5.32 Å². The highest BCUT2D eigenvalue weighted by molar-refractivity contribution is 5.89. The van der Waals surface area contributed by atoms with Crippen LogP contribution >= 0.6 is 0 Å². The minimum Gasteiger partial charge on any atom is -0.463 e. The summed E-state index contributed by atoms with van der Waals surface area (Å²) >= 11 is 0. The average Bonchev–Trinajstić information content (AvgIpc) is 2.37. The van der Waals surface area contributed by atoms with Crippen molar-refractivity contribution in [1.82, 2.24) is 5.32 Å². The highest BCUT2D eigenvalue weighted by Gasteiger charge is 2.14. The Morgan fingerprint density at radius 2 is 1.78 bits per heavy atom. The van der Waals surface area contributed by atoms with E-state index >= 15 is 0 Å². The summed E-state index contributed by atoms with van der Waals surface area (Å²) in [6.45, 7) is 9.60. The fourth-order valence-electron chi connectivity index (χ4n) is 1.90. The van der Waals surface area contributed by atoms with E-state index in [-0.39, 0.29) is 5.97 Å². The van der Waals surface area contributed by atoms with Gasteiger partial charge in [0.05, 0.1) is 12.2 Å². The second-order valence-corrected chi connectivity index (χ2v) is 4.42. The largest absolute Gasteiger partial charge is 0.463 e. The van der Waals surface area contributed by atoms with Crippen molar-refractivity contribution in [2.75, 3.05) is 13.2 Å². The van der Waals surface area contributed by atoms with Gasteiger partial charge in [0.2, 0.25) is 0 Å². The van der Waals surface area contributed by atoms with Gasteiger partial charge in [-0.2, -0.15) is 0 Å². The molecule has 0 heterocycles. The van der Waals surface area contributed by atoms with Crippen LogP contribution in [-0.2, 0) is 9.53 Å². The van der Waals surface area contributed by atoms with Crippen molar-refractivity contribution in [2.24, 2.45) is 0 Å². The van der Waals surface area contributed by atoms with E-state index in [9.17, 15) is 4.79 Å². The van der Waals surface area contributed by atoms with E-state index < -0.39 is 0 Å². The van der Waals surface area contributed by atoms with E-state index in [0.717, 1.165) is 43.5 Å². The lowest BCUT2D eigenvalue weighted by Crippen LogP contribution is -2.20. The SMILES string of the molecule is CCCCCNC(CC)=C(CCC)C(=O)OCC. The molecule has 0 saturated carbocycles. The first-order valence-electron chi connectivity index (χ1n) is 7.34. The maximum atomic E-state index is 11.9. The second-order valence-electron chi connectivity index (χ2n) is 4.42. The molecule has 0 radical (unpaired) electrons. The summed E-state index contributed by atoms with van der Waals surface area (Å²) in [7, 11) is 0. The quantitative estimate of drug-likeness (QED) is 0.366. The molecule has 0 aliphatic heterocycles. The maximum absolute atomic E-state index is 11.9. The highest BCUT2D eigenvalue weighted by atomic mass is 16.5. The molecule has 0 spiro atoms. The molecule has 0 atom stereocenters. The predicted molar refractivity (Wildman–Crippen MR) is 76.4 cm³/mol. The van der Waals surface area contributed by atoms with Gasteiger partial charge in [0.25, 0.3) is 0 Å². The van der Waals surface area contributed by atoms with E-state index in [1.807, 2.05) is 6.92 Å². The van der Waals surface area contributed by atoms with Gasteiger partial charge in [0.15, 0.2) is 0 Å². The second kappa shape index (κ2) is 11.1. The number of carbonyl (C=O) groups excluding carboxylic acids is 1. The number of unbranched alkanes of at least 4 members (excludes halogenated alkanes) is 2. The third-order valence-electron chi connectivity index (χ3n) is 2.86. The van der Waals surface area contributed by atoms with Crippen LogP contribution in [0.5, 0.6) is 0 Å². The lowest BCUT2D eigenvalue weighted by Gasteiger charge is -2.15. The Kier molecular flexibility index (Phi) is 10.5. The molecule has 106 valence electrons. The summed E-state index contributed by atoms with van der Waals surface area (Å²) in [5.41, 5.74) is 1.89. The molecule has 0 aromatic heterocycles. The zero-order valence-corrected chi connectivity index (χ0v) is 12.5. The summed E-state index contributed by atoms with van der Waals surface area (Å²) in [6, 6.07) is 0. The molecule has 3 heteroatoms. The Labute approximate surface area is 112 Å². The summed E-state index contributed by atoms with van der Waals surface area (Å²) < 4.78 is 5.13. The van der Waals surface area contributed by atoms with Gasteiger partial charge in [0, 0.05) is 12.2 Å². The van der Waals surface area contributed by atoms with Crippen molar-refractivity contribution in [3.8, 4) is 0 Å². The van der Waals surface area contributed by atoms with E-state index in [2.05, 4.69) is 26.1 Å². The van der Waals surface area contributed by atoms with Crippen molar-refractivity contribution in [2.45, 2.75) is 66.2 Å². The Balaban J connectivity index is 4.59. The molecule has 0 bridgehead atoms. The number of hydrogen-bond donors (Lipinski definition) is 1. The smallest absolute Gasteiger partial charge is 0.335 e. The molecule has 3 nitrogen and oxygen atoms in total. The van der Waals surface area contributed by atoms with Crippen LogP contribution in [-0.4, -0.2) is 19.1 Å². The number of nitrogens with one attached hydrogen (secondary N) is 1. The number of ether oxygens (including phenoxy) is 1. The van der Waals surface area contributed by atoms with Crippen molar-refractivity contribution in [3.05, 3.63) is 11.3 Å². The van der Waals surface area contributed by atoms with Gasteiger partial charge >= 0.3 is 5.97 Å². The Hall–Kier alpha value is -0.990.